The SMILES string of the molecule is Bc1ccc2c(NC3CCCNC3)nc3c(C#Cc4cncn4C)c[nH]c(=O)c3c2c1. The number of aromatic nitrogens is 4. The Morgan fingerprint density at radius 2 is 2.19 bits per heavy atom. The number of nitrogens with one attached hydrogen (secondary N) is 3. The molecular formula is C23H23BN6O. The summed E-state index contributed by atoms with van der Waals surface area (Å²) in [6, 6.07) is 6.45. The zero-order chi connectivity index (χ0) is 21.4. The number of hydrogen-bond donors (Lipinski definition) is 3. The molecule has 31 heavy (non-hydrogen) atoms. The Balaban J connectivity index is 1.74. The molecule has 4 heterocycles. The van der Waals surface area contributed by atoms with Gasteiger partial charge in [-0.25, -0.2) is 9.97 Å². The lowest BCUT2D eigenvalue weighted by Crippen LogP contribution is -2.38. The van der Waals surface area contributed by atoms with Gasteiger partial charge in [0.05, 0.1) is 29.0 Å². The third-order valence-corrected chi connectivity index (χ3v) is 5.77. The van der Waals surface area contributed by atoms with Gasteiger partial charge in [0.2, 0.25) is 0 Å². The second kappa shape index (κ2) is 7.93. The third kappa shape index (κ3) is 3.69. The number of hydrogen-bond acceptors (Lipinski definition) is 5. The molecule has 5 rings (SSSR count). The van der Waals surface area contributed by atoms with E-state index in [0.717, 1.165) is 53.7 Å². The quantitative estimate of drug-likeness (QED) is 0.256. The van der Waals surface area contributed by atoms with Crippen molar-refractivity contribution in [2.24, 2.45) is 7.05 Å². The molecule has 8 heteroatoms. The average molecular weight is 410 g/mol. The van der Waals surface area contributed by atoms with Crippen LogP contribution in [0.5, 0.6) is 0 Å². The molecule has 3 aromatic heterocycles. The number of anilines is 1. The summed E-state index contributed by atoms with van der Waals surface area (Å²) in [4.78, 5) is 24.7. The lowest BCUT2D eigenvalue weighted by Gasteiger charge is -2.25. The summed E-state index contributed by atoms with van der Waals surface area (Å²) in [7, 11) is 3.93. The Bertz CT molecular complexity index is 1400. The molecule has 0 spiro atoms. The Labute approximate surface area is 180 Å². The fourth-order valence-corrected chi connectivity index (χ4v) is 4.11. The number of piperidine rings is 1. The standard InChI is InChI=1S/C23H23BN6O/c1-30-13-26-12-17(30)6-4-14-10-27-23(31)20-19-9-15(24)5-7-18(19)22(29-21(14)20)28-16-3-2-8-25-11-16/h5,7,9-10,12-13,16,25H,2-3,8,11,24H2,1H3,(H,27,31)(H,28,29). The van der Waals surface area contributed by atoms with E-state index in [0.29, 0.717) is 22.5 Å². The number of imidazole rings is 1. The summed E-state index contributed by atoms with van der Waals surface area (Å²) in [6.07, 6.45) is 7.29. The van der Waals surface area contributed by atoms with Crippen LogP contribution in [0.15, 0.2) is 41.7 Å². The fourth-order valence-electron chi connectivity index (χ4n) is 4.11. The van der Waals surface area contributed by atoms with Crippen LogP contribution in [0.4, 0.5) is 5.82 Å². The van der Waals surface area contributed by atoms with Gasteiger partial charge in [-0.3, -0.25) is 4.79 Å². The smallest absolute Gasteiger partial charge is 0.258 e. The highest BCUT2D eigenvalue weighted by atomic mass is 16.1. The molecule has 154 valence electrons. The largest absolute Gasteiger partial charge is 0.366 e. The molecule has 7 nitrogen and oxygen atoms in total. The number of aryl methyl sites for hydroxylation is 1. The third-order valence-electron chi connectivity index (χ3n) is 5.77. The van der Waals surface area contributed by atoms with E-state index in [1.165, 1.54) is 0 Å². The molecule has 0 aliphatic carbocycles. The predicted octanol–water partition coefficient (Wildman–Crippen LogP) is 0.632. The maximum Gasteiger partial charge on any atom is 0.258 e. The van der Waals surface area contributed by atoms with Crippen LogP contribution >= 0.6 is 0 Å². The van der Waals surface area contributed by atoms with Crippen LogP contribution in [0.3, 0.4) is 0 Å². The first-order valence-electron chi connectivity index (χ1n) is 10.5. The maximum atomic E-state index is 12.9. The molecule has 1 aromatic carbocycles. The zero-order valence-corrected chi connectivity index (χ0v) is 17.6. The Kier molecular flexibility index (Phi) is 4.96. The number of nitrogens with zero attached hydrogens (tertiary/aromatic N) is 3. The highest BCUT2D eigenvalue weighted by Gasteiger charge is 2.18. The first-order valence-corrected chi connectivity index (χ1v) is 10.5. The number of fused-ring (bicyclic) bond motifs is 3. The van der Waals surface area contributed by atoms with Gasteiger partial charge in [-0.1, -0.05) is 29.6 Å². The van der Waals surface area contributed by atoms with Gasteiger partial charge in [0.15, 0.2) is 0 Å². The Morgan fingerprint density at radius 3 is 2.97 bits per heavy atom. The minimum atomic E-state index is -0.157. The molecule has 1 atom stereocenters. The minimum Gasteiger partial charge on any atom is -0.366 e. The number of benzene rings is 1. The summed E-state index contributed by atoms with van der Waals surface area (Å²) >= 11 is 0. The minimum absolute atomic E-state index is 0.157. The first-order chi connectivity index (χ1) is 15.1. The van der Waals surface area contributed by atoms with Crippen molar-refractivity contribution in [1.82, 2.24) is 24.8 Å². The van der Waals surface area contributed by atoms with Crippen molar-refractivity contribution >= 4 is 40.8 Å². The van der Waals surface area contributed by atoms with Gasteiger partial charge in [-0.05, 0) is 30.7 Å². The second-order valence-electron chi connectivity index (χ2n) is 8.09. The summed E-state index contributed by atoms with van der Waals surface area (Å²) in [5, 5.41) is 9.46. The number of H-pyrrole nitrogens is 1. The molecule has 1 aliphatic heterocycles. The van der Waals surface area contributed by atoms with E-state index in [-0.39, 0.29) is 5.56 Å². The van der Waals surface area contributed by atoms with Crippen LogP contribution in [-0.4, -0.2) is 46.5 Å². The topological polar surface area (TPSA) is 87.6 Å². The molecule has 3 N–H and O–H groups in total. The Hall–Kier alpha value is -3.57. The molecule has 0 radical (unpaired) electrons. The fraction of sp³-hybridized carbons (Fsp3) is 0.261. The van der Waals surface area contributed by atoms with Gasteiger partial charge in [-0.2, -0.15) is 0 Å². The summed E-state index contributed by atoms with van der Waals surface area (Å²) in [5.41, 5.74) is 3.03. The number of aromatic amines is 1. The van der Waals surface area contributed by atoms with Crippen molar-refractivity contribution in [2.45, 2.75) is 18.9 Å². The van der Waals surface area contributed by atoms with Gasteiger partial charge in [0, 0.05) is 31.2 Å². The molecule has 4 aromatic rings. The van der Waals surface area contributed by atoms with Crippen LogP contribution in [0.25, 0.3) is 21.7 Å². The van der Waals surface area contributed by atoms with Crippen LogP contribution in [0.2, 0.25) is 0 Å². The van der Waals surface area contributed by atoms with Crippen molar-refractivity contribution in [1.29, 1.82) is 0 Å². The van der Waals surface area contributed by atoms with E-state index in [1.54, 1.807) is 18.7 Å². The maximum absolute atomic E-state index is 12.9. The van der Waals surface area contributed by atoms with Crippen molar-refractivity contribution in [2.75, 3.05) is 18.4 Å². The van der Waals surface area contributed by atoms with Crippen molar-refractivity contribution in [3.8, 4) is 11.8 Å². The van der Waals surface area contributed by atoms with Crippen LogP contribution < -0.4 is 21.7 Å². The lowest BCUT2D eigenvalue weighted by atomic mass is 9.92. The Morgan fingerprint density at radius 1 is 1.29 bits per heavy atom. The first kappa shape index (κ1) is 19.4. The lowest BCUT2D eigenvalue weighted by molar-refractivity contribution is 0.479. The molecular weight excluding hydrogens is 387 g/mol. The van der Waals surface area contributed by atoms with Gasteiger partial charge >= 0.3 is 0 Å². The summed E-state index contributed by atoms with van der Waals surface area (Å²) in [6.45, 7) is 1.95. The van der Waals surface area contributed by atoms with E-state index < -0.39 is 0 Å². The van der Waals surface area contributed by atoms with E-state index >= 15 is 0 Å². The van der Waals surface area contributed by atoms with Gasteiger partial charge in [0.1, 0.15) is 19.4 Å². The second-order valence-corrected chi connectivity index (χ2v) is 8.09. The molecule has 1 fully saturated rings. The van der Waals surface area contributed by atoms with Crippen molar-refractivity contribution in [3.63, 3.8) is 0 Å². The molecule has 1 unspecified atom stereocenters. The highest BCUT2D eigenvalue weighted by Crippen LogP contribution is 2.29. The van der Waals surface area contributed by atoms with Crippen molar-refractivity contribution in [3.05, 3.63) is 58.5 Å². The summed E-state index contributed by atoms with van der Waals surface area (Å²) < 4.78 is 1.86. The van der Waals surface area contributed by atoms with Gasteiger partial charge in [-0.15, -0.1) is 0 Å². The monoisotopic (exact) mass is 410 g/mol. The van der Waals surface area contributed by atoms with E-state index in [9.17, 15) is 4.79 Å². The highest BCUT2D eigenvalue weighted by molar-refractivity contribution is 6.34. The molecule has 0 saturated carbocycles. The van der Waals surface area contributed by atoms with E-state index in [4.69, 9.17) is 4.98 Å². The average Bonchev–Trinajstić information content (AvgIpc) is 3.18. The van der Waals surface area contributed by atoms with Gasteiger partial charge in [0.25, 0.3) is 5.56 Å². The van der Waals surface area contributed by atoms with Gasteiger partial charge < -0.3 is 20.2 Å². The number of pyridine rings is 2. The molecule has 1 aliphatic rings. The molecule has 1 saturated heterocycles. The predicted molar refractivity (Wildman–Crippen MR) is 127 cm³/mol. The van der Waals surface area contributed by atoms with Crippen molar-refractivity contribution < 1.29 is 0 Å². The molecule has 0 bridgehead atoms. The summed E-state index contributed by atoms with van der Waals surface area (Å²) in [5.74, 6) is 7.12. The normalized spacial score (nSPS) is 16.2. The van der Waals surface area contributed by atoms with Crippen LogP contribution in [0.1, 0.15) is 24.1 Å². The number of rotatable bonds is 2. The van der Waals surface area contributed by atoms with E-state index in [1.807, 2.05) is 25.5 Å². The van der Waals surface area contributed by atoms with Crippen LogP contribution in [-0.2, 0) is 7.05 Å². The van der Waals surface area contributed by atoms with E-state index in [2.05, 4.69) is 44.6 Å². The van der Waals surface area contributed by atoms with Crippen LogP contribution in [0, 0.1) is 11.8 Å². The molecule has 0 amide bonds. The zero-order valence-electron chi connectivity index (χ0n) is 17.6.